The van der Waals surface area contributed by atoms with Crippen LogP contribution in [-0.4, -0.2) is 23.7 Å². The third-order valence-corrected chi connectivity index (χ3v) is 3.81. The van der Waals surface area contributed by atoms with E-state index in [0.717, 1.165) is 0 Å². The zero-order chi connectivity index (χ0) is 12.3. The Kier molecular flexibility index (Phi) is 4.68. The van der Waals surface area contributed by atoms with Crippen molar-refractivity contribution < 1.29 is 13.9 Å². The fourth-order valence-corrected chi connectivity index (χ4v) is 2.56. The molecule has 0 bridgehead atoms. The van der Waals surface area contributed by atoms with Gasteiger partial charge in [-0.2, -0.15) is 0 Å². The summed E-state index contributed by atoms with van der Waals surface area (Å²) in [4.78, 5) is 0. The van der Waals surface area contributed by atoms with E-state index in [-0.39, 0.29) is 24.7 Å². The summed E-state index contributed by atoms with van der Waals surface area (Å²) < 4.78 is 26.0. The van der Waals surface area contributed by atoms with Crippen molar-refractivity contribution in [2.24, 2.45) is 23.5 Å². The lowest BCUT2D eigenvalue weighted by molar-refractivity contribution is -0.0728. The van der Waals surface area contributed by atoms with Crippen molar-refractivity contribution in [2.45, 2.75) is 51.6 Å². The third kappa shape index (κ3) is 3.39. The molecule has 0 aromatic heterocycles. The molecule has 1 rings (SSSR count). The average molecular weight is 235 g/mol. The highest BCUT2D eigenvalue weighted by molar-refractivity contribution is 4.85. The van der Waals surface area contributed by atoms with Crippen molar-refractivity contribution >= 4 is 0 Å². The zero-order valence-corrected chi connectivity index (χ0v) is 10.1. The number of nitrogens with two attached hydrogens (primary N) is 1. The Morgan fingerprint density at radius 3 is 2.19 bits per heavy atom. The van der Waals surface area contributed by atoms with E-state index in [4.69, 9.17) is 5.73 Å². The summed E-state index contributed by atoms with van der Waals surface area (Å²) in [6.07, 6.45) is 0.115. The van der Waals surface area contributed by atoms with Gasteiger partial charge in [-0.1, -0.05) is 13.8 Å². The first-order chi connectivity index (χ1) is 7.37. The number of aliphatic hydroxyl groups is 1. The van der Waals surface area contributed by atoms with Crippen molar-refractivity contribution in [3.63, 3.8) is 0 Å². The van der Waals surface area contributed by atoms with Crippen LogP contribution in [0.4, 0.5) is 8.78 Å². The van der Waals surface area contributed by atoms with Crippen LogP contribution in [-0.2, 0) is 0 Å². The Morgan fingerprint density at radius 1 is 1.31 bits per heavy atom. The molecule has 0 amide bonds. The molecule has 0 aliphatic heterocycles. The van der Waals surface area contributed by atoms with E-state index < -0.39 is 12.0 Å². The molecule has 1 fully saturated rings. The monoisotopic (exact) mass is 235 g/mol. The minimum absolute atomic E-state index is 0.00410. The quantitative estimate of drug-likeness (QED) is 0.786. The number of alkyl halides is 2. The lowest BCUT2D eigenvalue weighted by Crippen LogP contribution is -2.40. The fourth-order valence-electron chi connectivity index (χ4n) is 2.56. The number of rotatable bonds is 4. The lowest BCUT2D eigenvalue weighted by atomic mass is 9.76. The van der Waals surface area contributed by atoms with Gasteiger partial charge in [0.15, 0.2) is 0 Å². The van der Waals surface area contributed by atoms with Crippen molar-refractivity contribution in [3.8, 4) is 0 Å². The van der Waals surface area contributed by atoms with Gasteiger partial charge in [0.25, 0.3) is 0 Å². The molecule has 3 N–H and O–H groups in total. The number of aliphatic hydroxyl groups excluding tert-OH is 1. The van der Waals surface area contributed by atoms with Crippen molar-refractivity contribution in [1.29, 1.82) is 0 Å². The summed E-state index contributed by atoms with van der Waals surface area (Å²) in [5.41, 5.74) is 5.63. The highest BCUT2D eigenvalue weighted by atomic mass is 19.3. The van der Waals surface area contributed by atoms with Gasteiger partial charge in [0.1, 0.15) is 0 Å². The molecule has 0 aromatic carbocycles. The molecule has 2 atom stereocenters. The highest BCUT2D eigenvalue weighted by Gasteiger charge is 2.39. The van der Waals surface area contributed by atoms with Gasteiger partial charge in [-0.3, -0.25) is 0 Å². The average Bonchev–Trinajstić information content (AvgIpc) is 2.17. The molecule has 4 heteroatoms. The fraction of sp³-hybridized carbons (Fsp3) is 1.00. The second kappa shape index (κ2) is 5.41. The van der Waals surface area contributed by atoms with Crippen LogP contribution in [0.25, 0.3) is 0 Å². The van der Waals surface area contributed by atoms with Crippen LogP contribution in [0.2, 0.25) is 0 Å². The van der Waals surface area contributed by atoms with Crippen LogP contribution in [0, 0.1) is 17.8 Å². The zero-order valence-electron chi connectivity index (χ0n) is 10.1. The second-order valence-electron chi connectivity index (χ2n) is 5.33. The molecule has 0 radical (unpaired) electrons. The minimum Gasteiger partial charge on any atom is -0.392 e. The molecule has 2 nitrogen and oxygen atoms in total. The predicted octanol–water partition coefficient (Wildman–Crippen LogP) is 2.40. The van der Waals surface area contributed by atoms with Gasteiger partial charge >= 0.3 is 0 Å². The van der Waals surface area contributed by atoms with Crippen LogP contribution in [0.1, 0.15) is 39.5 Å². The maximum atomic E-state index is 13.0. The van der Waals surface area contributed by atoms with Crippen LogP contribution < -0.4 is 5.73 Å². The van der Waals surface area contributed by atoms with Crippen LogP contribution in [0.15, 0.2) is 0 Å². The van der Waals surface area contributed by atoms with Crippen molar-refractivity contribution in [3.05, 3.63) is 0 Å². The van der Waals surface area contributed by atoms with Gasteiger partial charge in [-0.15, -0.1) is 0 Å². The molecule has 0 spiro atoms. The topological polar surface area (TPSA) is 46.2 Å². The summed E-state index contributed by atoms with van der Waals surface area (Å²) in [5.74, 6) is -2.21. The van der Waals surface area contributed by atoms with Gasteiger partial charge in [0, 0.05) is 12.8 Å². The van der Waals surface area contributed by atoms with Crippen LogP contribution in [0.5, 0.6) is 0 Å². The van der Waals surface area contributed by atoms with Crippen molar-refractivity contribution in [1.82, 2.24) is 0 Å². The Balaban J connectivity index is 2.52. The largest absolute Gasteiger partial charge is 0.392 e. The van der Waals surface area contributed by atoms with Crippen molar-refractivity contribution in [2.75, 3.05) is 6.54 Å². The number of hydrogen-bond acceptors (Lipinski definition) is 2. The molecule has 1 aliphatic carbocycles. The Bertz CT molecular complexity index is 211. The van der Waals surface area contributed by atoms with Crippen LogP contribution >= 0.6 is 0 Å². The van der Waals surface area contributed by atoms with E-state index in [1.807, 2.05) is 13.8 Å². The van der Waals surface area contributed by atoms with Gasteiger partial charge < -0.3 is 10.8 Å². The van der Waals surface area contributed by atoms with E-state index in [1.165, 1.54) is 0 Å². The molecule has 1 aliphatic rings. The Labute approximate surface area is 96.2 Å². The number of hydrogen-bond donors (Lipinski definition) is 2. The van der Waals surface area contributed by atoms with E-state index in [0.29, 0.717) is 25.3 Å². The molecule has 96 valence electrons. The predicted molar refractivity (Wildman–Crippen MR) is 60.3 cm³/mol. The lowest BCUT2D eigenvalue weighted by Gasteiger charge is -2.36. The molecular formula is C12H23F2NO. The maximum absolute atomic E-state index is 13.0. The van der Waals surface area contributed by atoms with E-state index in [1.54, 1.807) is 0 Å². The number of halogens is 2. The standard InChI is InChI=1S/C12H23F2NO/c1-8(2)10(7-15)11(16)9-3-5-12(13,14)6-4-9/h8-11,16H,3-7,15H2,1-2H3. The Hall–Kier alpha value is -0.220. The molecular weight excluding hydrogens is 212 g/mol. The first-order valence-electron chi connectivity index (χ1n) is 6.13. The second-order valence-corrected chi connectivity index (χ2v) is 5.33. The van der Waals surface area contributed by atoms with E-state index in [9.17, 15) is 13.9 Å². The van der Waals surface area contributed by atoms with E-state index >= 15 is 0 Å². The summed E-state index contributed by atoms with van der Waals surface area (Å²) in [6, 6.07) is 0. The first kappa shape index (κ1) is 13.8. The van der Waals surface area contributed by atoms with Gasteiger partial charge in [-0.25, -0.2) is 8.78 Å². The maximum Gasteiger partial charge on any atom is 0.248 e. The minimum atomic E-state index is -2.52. The summed E-state index contributed by atoms with van der Waals surface area (Å²) in [5, 5.41) is 10.1. The molecule has 1 saturated carbocycles. The van der Waals surface area contributed by atoms with Gasteiger partial charge in [0.05, 0.1) is 6.10 Å². The smallest absolute Gasteiger partial charge is 0.248 e. The van der Waals surface area contributed by atoms with Crippen LogP contribution in [0.3, 0.4) is 0 Å². The van der Waals surface area contributed by atoms with E-state index in [2.05, 4.69) is 0 Å². The first-order valence-corrected chi connectivity index (χ1v) is 6.13. The molecule has 2 unspecified atom stereocenters. The van der Waals surface area contributed by atoms with Gasteiger partial charge in [-0.05, 0) is 37.1 Å². The Morgan fingerprint density at radius 2 is 1.81 bits per heavy atom. The molecule has 0 aromatic rings. The summed E-state index contributed by atoms with van der Waals surface area (Å²) in [6.45, 7) is 4.45. The highest BCUT2D eigenvalue weighted by Crippen LogP contribution is 2.39. The van der Waals surface area contributed by atoms with Gasteiger partial charge in [0.2, 0.25) is 5.92 Å². The molecule has 16 heavy (non-hydrogen) atoms. The summed E-state index contributed by atoms with van der Waals surface area (Å²) in [7, 11) is 0. The SMILES string of the molecule is CC(C)C(CN)C(O)C1CCC(F)(F)CC1. The third-order valence-electron chi connectivity index (χ3n) is 3.81. The normalized spacial score (nSPS) is 25.7. The molecule has 0 saturated heterocycles. The summed E-state index contributed by atoms with van der Waals surface area (Å²) >= 11 is 0. The molecule has 0 heterocycles.